The summed E-state index contributed by atoms with van der Waals surface area (Å²) < 4.78 is 34.6. The number of carboxylic acid groups (broad SMARTS) is 1. The van der Waals surface area contributed by atoms with Crippen molar-refractivity contribution in [2.75, 3.05) is 13.6 Å². The van der Waals surface area contributed by atoms with E-state index in [4.69, 9.17) is 9.84 Å². The lowest BCUT2D eigenvalue weighted by Crippen LogP contribution is -2.30. The number of carbonyl (C=O) groups is 1. The molecule has 0 radical (unpaired) electrons. The van der Waals surface area contributed by atoms with Crippen LogP contribution in [0.15, 0.2) is 36.4 Å². The second-order valence-corrected chi connectivity index (χ2v) is 9.30. The van der Waals surface area contributed by atoms with Crippen LogP contribution in [0.1, 0.15) is 54.7 Å². The molecule has 1 aliphatic carbocycles. The Balaban J connectivity index is 1.38. The molecule has 5 nitrogen and oxygen atoms in total. The molecular formula is C26H32F2N2O3. The molecule has 0 bridgehead atoms. The van der Waals surface area contributed by atoms with Gasteiger partial charge in [-0.2, -0.15) is 0 Å². The first-order valence-corrected chi connectivity index (χ1v) is 11.8. The molecular weight excluding hydrogens is 426 g/mol. The Morgan fingerprint density at radius 1 is 1.12 bits per heavy atom. The Morgan fingerprint density at radius 3 is 2.58 bits per heavy atom. The van der Waals surface area contributed by atoms with Crippen LogP contribution in [0.5, 0.6) is 5.75 Å². The predicted octanol–water partition coefficient (Wildman–Crippen LogP) is 4.39. The van der Waals surface area contributed by atoms with Crippen LogP contribution in [0, 0.1) is 17.6 Å². The number of hydrogen-bond donors (Lipinski definition) is 3. The van der Waals surface area contributed by atoms with Crippen LogP contribution in [0.4, 0.5) is 8.78 Å². The summed E-state index contributed by atoms with van der Waals surface area (Å²) in [4.78, 5) is 11.1. The summed E-state index contributed by atoms with van der Waals surface area (Å²) in [5.74, 6) is -1.39. The maximum Gasteiger partial charge on any atom is 0.320 e. The third-order valence-corrected chi connectivity index (χ3v) is 7.00. The highest BCUT2D eigenvalue weighted by atomic mass is 19.1. The zero-order valence-electron chi connectivity index (χ0n) is 18.9. The lowest BCUT2D eigenvalue weighted by Gasteiger charge is -2.30. The molecule has 0 unspecified atom stereocenters. The molecule has 2 aromatic carbocycles. The van der Waals surface area contributed by atoms with E-state index >= 15 is 0 Å². The molecule has 2 atom stereocenters. The molecule has 1 saturated carbocycles. The largest absolute Gasteiger partial charge is 0.486 e. The Bertz CT molecular complexity index is 976. The number of hydrogen-bond acceptors (Lipinski definition) is 4. The smallest absolute Gasteiger partial charge is 0.320 e. The van der Waals surface area contributed by atoms with Gasteiger partial charge in [0.05, 0.1) is 0 Å². The van der Waals surface area contributed by atoms with E-state index in [0.29, 0.717) is 30.4 Å². The van der Waals surface area contributed by atoms with Gasteiger partial charge in [-0.05, 0) is 73.7 Å². The van der Waals surface area contributed by atoms with Crippen LogP contribution in [-0.2, 0) is 17.8 Å². The quantitative estimate of drug-likeness (QED) is 0.547. The minimum atomic E-state index is -0.953. The second-order valence-electron chi connectivity index (χ2n) is 9.30. The molecule has 2 aromatic rings. The van der Waals surface area contributed by atoms with Crippen molar-refractivity contribution in [3.05, 3.63) is 64.7 Å². The fourth-order valence-electron chi connectivity index (χ4n) is 5.25. The van der Waals surface area contributed by atoms with Gasteiger partial charge in [-0.15, -0.1) is 0 Å². The first kappa shape index (κ1) is 23.6. The normalized spacial score (nSPS) is 25.2. The van der Waals surface area contributed by atoms with Crippen LogP contribution in [0.2, 0.25) is 0 Å². The van der Waals surface area contributed by atoms with Crippen molar-refractivity contribution in [2.45, 2.75) is 63.1 Å². The van der Waals surface area contributed by atoms with Gasteiger partial charge in [-0.3, -0.25) is 4.79 Å². The number of nitrogens with one attached hydrogen (secondary N) is 2. The molecule has 178 valence electrons. The Labute approximate surface area is 193 Å². The fourth-order valence-corrected chi connectivity index (χ4v) is 5.25. The van der Waals surface area contributed by atoms with Gasteiger partial charge in [0, 0.05) is 25.6 Å². The third-order valence-electron chi connectivity index (χ3n) is 7.00. The minimum Gasteiger partial charge on any atom is -0.486 e. The summed E-state index contributed by atoms with van der Waals surface area (Å²) in [6.45, 7) is 1.17. The van der Waals surface area contributed by atoms with E-state index in [9.17, 15) is 13.6 Å². The van der Waals surface area contributed by atoms with Gasteiger partial charge in [0.15, 0.2) is 11.6 Å². The van der Waals surface area contributed by atoms with Gasteiger partial charge >= 0.3 is 5.97 Å². The molecule has 2 fully saturated rings. The molecule has 4 rings (SSSR count). The van der Waals surface area contributed by atoms with Crippen LogP contribution < -0.4 is 15.4 Å². The van der Waals surface area contributed by atoms with Crippen LogP contribution in [-0.4, -0.2) is 36.8 Å². The lowest BCUT2D eigenvalue weighted by molar-refractivity contribution is -0.139. The maximum absolute atomic E-state index is 14.6. The number of ether oxygens (including phenoxy) is 1. The lowest BCUT2D eigenvalue weighted by atomic mass is 9.75. The van der Waals surface area contributed by atoms with Crippen molar-refractivity contribution >= 4 is 5.97 Å². The number of aliphatic carboxylic acids is 1. The monoisotopic (exact) mass is 458 g/mol. The second kappa shape index (κ2) is 10.6. The van der Waals surface area contributed by atoms with Crippen LogP contribution >= 0.6 is 0 Å². The Kier molecular flexibility index (Phi) is 7.60. The molecule has 33 heavy (non-hydrogen) atoms. The summed E-state index contributed by atoms with van der Waals surface area (Å²) in [5, 5.41) is 15.2. The van der Waals surface area contributed by atoms with E-state index in [1.54, 1.807) is 0 Å². The summed E-state index contributed by atoms with van der Waals surface area (Å²) in [7, 11) is 1.95. The first-order valence-electron chi connectivity index (χ1n) is 11.8. The van der Waals surface area contributed by atoms with E-state index in [0.717, 1.165) is 38.3 Å². The molecule has 7 heteroatoms. The van der Waals surface area contributed by atoms with Gasteiger partial charge in [0.2, 0.25) is 0 Å². The molecule has 1 aliphatic heterocycles. The summed E-state index contributed by atoms with van der Waals surface area (Å²) in [6.07, 6.45) is 4.46. The maximum atomic E-state index is 14.6. The van der Waals surface area contributed by atoms with E-state index < -0.39 is 29.7 Å². The third kappa shape index (κ3) is 5.71. The number of rotatable bonds is 8. The van der Waals surface area contributed by atoms with E-state index in [-0.39, 0.29) is 12.2 Å². The van der Waals surface area contributed by atoms with Crippen molar-refractivity contribution in [3.8, 4) is 5.75 Å². The number of carboxylic acids is 1. The van der Waals surface area contributed by atoms with Crippen molar-refractivity contribution in [2.24, 2.45) is 5.92 Å². The highest BCUT2D eigenvalue weighted by molar-refractivity contribution is 5.73. The van der Waals surface area contributed by atoms with Crippen LogP contribution in [0.3, 0.4) is 0 Å². The van der Waals surface area contributed by atoms with E-state index in [2.05, 4.69) is 34.9 Å². The van der Waals surface area contributed by atoms with Crippen molar-refractivity contribution in [1.29, 1.82) is 0 Å². The van der Waals surface area contributed by atoms with Crippen molar-refractivity contribution in [1.82, 2.24) is 10.6 Å². The molecule has 1 heterocycles. The summed E-state index contributed by atoms with van der Waals surface area (Å²) in [5.41, 5.74) is 3.20. The predicted molar refractivity (Wildman–Crippen MR) is 122 cm³/mol. The van der Waals surface area contributed by atoms with E-state index in [1.807, 2.05) is 7.05 Å². The summed E-state index contributed by atoms with van der Waals surface area (Å²) in [6, 6.07) is 10.2. The number of halogens is 2. The average molecular weight is 459 g/mol. The molecule has 3 N–H and O–H groups in total. The SMILES string of the molecule is CNCc1ccccc1[C@H]1CC[C@H](Cc2cc(O[C@@H]3CN[C@H](C(=O)O)C3)c(F)cc2F)CC1. The van der Waals surface area contributed by atoms with Crippen molar-refractivity contribution in [3.63, 3.8) is 0 Å². The highest BCUT2D eigenvalue weighted by Gasteiger charge is 2.31. The van der Waals surface area contributed by atoms with Crippen molar-refractivity contribution < 1.29 is 23.4 Å². The zero-order valence-corrected chi connectivity index (χ0v) is 18.9. The minimum absolute atomic E-state index is 0.00100. The number of benzene rings is 2. The molecule has 2 aliphatic rings. The fraction of sp³-hybridized carbons (Fsp3) is 0.500. The summed E-state index contributed by atoms with van der Waals surface area (Å²) >= 11 is 0. The first-order chi connectivity index (χ1) is 15.9. The molecule has 0 aromatic heterocycles. The van der Waals surface area contributed by atoms with Gasteiger partial charge in [0.1, 0.15) is 18.0 Å². The Morgan fingerprint density at radius 2 is 1.88 bits per heavy atom. The molecule has 1 saturated heterocycles. The molecule has 0 spiro atoms. The standard InChI is InChI=1S/C26H32F2N2O3/c1-29-14-18-4-2-3-5-21(18)17-8-6-16(7-9-17)10-19-11-25(23(28)13-22(19)27)33-20-12-24(26(31)32)30-15-20/h2-5,11,13,16-17,20,24,29-30H,6-10,12,14-15H2,1H3,(H,31,32)/t16-,17-,20-,24-/m0/s1. The van der Waals surface area contributed by atoms with Gasteiger partial charge in [0.25, 0.3) is 0 Å². The molecule has 0 amide bonds. The van der Waals surface area contributed by atoms with Gasteiger partial charge in [-0.1, -0.05) is 24.3 Å². The average Bonchev–Trinajstić information content (AvgIpc) is 3.27. The highest BCUT2D eigenvalue weighted by Crippen LogP contribution is 2.39. The van der Waals surface area contributed by atoms with Crippen LogP contribution in [0.25, 0.3) is 0 Å². The van der Waals surface area contributed by atoms with Gasteiger partial charge < -0.3 is 20.5 Å². The zero-order chi connectivity index (χ0) is 23.4. The topological polar surface area (TPSA) is 70.6 Å². The Hall–Kier alpha value is -2.51. The van der Waals surface area contributed by atoms with E-state index in [1.165, 1.54) is 17.2 Å². The van der Waals surface area contributed by atoms with Gasteiger partial charge in [-0.25, -0.2) is 8.78 Å².